The van der Waals surface area contributed by atoms with Gasteiger partial charge in [0.15, 0.2) is 0 Å². The summed E-state index contributed by atoms with van der Waals surface area (Å²) in [5.41, 5.74) is 9.26. The molecule has 1 aromatic carbocycles. The van der Waals surface area contributed by atoms with E-state index in [-0.39, 0.29) is 0 Å². The Morgan fingerprint density at radius 3 is 2.85 bits per heavy atom. The van der Waals surface area contributed by atoms with Gasteiger partial charge in [0, 0.05) is 12.5 Å². The molecule has 1 nitrogen and oxygen atoms in total. The van der Waals surface area contributed by atoms with Gasteiger partial charge in [-0.1, -0.05) is 43.0 Å². The van der Waals surface area contributed by atoms with Crippen molar-refractivity contribution < 1.29 is 0 Å². The predicted octanol–water partition coefficient (Wildman–Crippen LogP) is 2.30. The molecule has 2 N–H and O–H groups in total. The van der Waals surface area contributed by atoms with E-state index in [0.29, 0.717) is 12.5 Å². The zero-order valence-corrected chi connectivity index (χ0v) is 7.53. The van der Waals surface area contributed by atoms with Gasteiger partial charge in [0.2, 0.25) is 0 Å². The van der Waals surface area contributed by atoms with E-state index in [1.54, 1.807) is 0 Å². The van der Waals surface area contributed by atoms with E-state index in [2.05, 4.69) is 30.9 Å². The molecule has 0 aromatic heterocycles. The van der Waals surface area contributed by atoms with Gasteiger partial charge in [0.1, 0.15) is 0 Å². The molecule has 13 heavy (non-hydrogen) atoms. The Kier molecular flexibility index (Phi) is 2.03. The van der Waals surface area contributed by atoms with Crippen molar-refractivity contribution in [2.75, 3.05) is 6.54 Å². The number of rotatable bonds is 1. The Hall–Kier alpha value is -1.34. The van der Waals surface area contributed by atoms with Crippen LogP contribution in [0, 0.1) is 5.92 Å². The standard InChI is InChI=1S/C12H13N/c1-9-11(8-13)7-6-10-4-2-3-5-12(9)10/h2-7,11H,1,8,13H2. The van der Waals surface area contributed by atoms with Crippen LogP contribution in [-0.2, 0) is 0 Å². The molecule has 66 valence electrons. The van der Waals surface area contributed by atoms with Crippen molar-refractivity contribution in [3.05, 3.63) is 48.0 Å². The smallest absolute Gasteiger partial charge is 0.0144 e. The summed E-state index contributed by atoms with van der Waals surface area (Å²) in [6, 6.07) is 8.28. The second kappa shape index (κ2) is 3.19. The van der Waals surface area contributed by atoms with Gasteiger partial charge in [0.25, 0.3) is 0 Å². The van der Waals surface area contributed by atoms with Crippen LogP contribution in [0.1, 0.15) is 11.1 Å². The fourth-order valence-corrected chi connectivity index (χ4v) is 1.69. The Morgan fingerprint density at radius 1 is 1.31 bits per heavy atom. The van der Waals surface area contributed by atoms with Gasteiger partial charge in [-0.25, -0.2) is 0 Å². The Balaban J connectivity index is 2.48. The van der Waals surface area contributed by atoms with E-state index in [9.17, 15) is 0 Å². The van der Waals surface area contributed by atoms with Crippen LogP contribution >= 0.6 is 0 Å². The predicted molar refractivity (Wildman–Crippen MR) is 57.1 cm³/mol. The fourth-order valence-electron chi connectivity index (χ4n) is 1.69. The van der Waals surface area contributed by atoms with Crippen molar-refractivity contribution in [1.82, 2.24) is 0 Å². The number of nitrogens with two attached hydrogens (primary N) is 1. The lowest BCUT2D eigenvalue weighted by Crippen LogP contribution is -2.15. The molecule has 0 aliphatic heterocycles. The van der Waals surface area contributed by atoms with Gasteiger partial charge < -0.3 is 5.73 Å². The third-order valence-electron chi connectivity index (χ3n) is 2.52. The quantitative estimate of drug-likeness (QED) is 0.689. The number of benzene rings is 1. The highest BCUT2D eigenvalue weighted by Crippen LogP contribution is 2.30. The fraction of sp³-hybridized carbons (Fsp3) is 0.167. The number of fused-ring (bicyclic) bond motifs is 1. The Labute approximate surface area is 78.6 Å². The lowest BCUT2D eigenvalue weighted by atomic mass is 9.86. The largest absolute Gasteiger partial charge is 0.330 e. The molecular formula is C12H13N. The first kappa shape index (κ1) is 8.27. The second-order valence-electron chi connectivity index (χ2n) is 3.31. The van der Waals surface area contributed by atoms with Crippen molar-refractivity contribution in [2.45, 2.75) is 0 Å². The van der Waals surface area contributed by atoms with Gasteiger partial charge in [-0.05, 0) is 16.7 Å². The SMILES string of the molecule is C=C1c2ccccc2C=CC1CN. The van der Waals surface area contributed by atoms with Crippen LogP contribution < -0.4 is 5.73 Å². The van der Waals surface area contributed by atoms with E-state index < -0.39 is 0 Å². The molecule has 1 atom stereocenters. The molecule has 0 bridgehead atoms. The topological polar surface area (TPSA) is 26.0 Å². The molecule has 0 saturated carbocycles. The van der Waals surface area contributed by atoms with E-state index in [4.69, 9.17) is 5.73 Å². The highest BCUT2D eigenvalue weighted by molar-refractivity contribution is 5.79. The maximum absolute atomic E-state index is 5.64. The first-order chi connectivity index (χ1) is 6.33. The lowest BCUT2D eigenvalue weighted by Gasteiger charge is -2.20. The van der Waals surface area contributed by atoms with E-state index in [1.807, 2.05) is 12.1 Å². The second-order valence-corrected chi connectivity index (χ2v) is 3.31. The van der Waals surface area contributed by atoms with Gasteiger partial charge in [-0.3, -0.25) is 0 Å². The Bertz CT molecular complexity index is 363. The van der Waals surface area contributed by atoms with Crippen molar-refractivity contribution in [2.24, 2.45) is 11.7 Å². The molecule has 1 heteroatoms. The molecule has 1 aliphatic rings. The van der Waals surface area contributed by atoms with Crippen molar-refractivity contribution in [3.63, 3.8) is 0 Å². The monoisotopic (exact) mass is 171 g/mol. The number of hydrogen-bond acceptors (Lipinski definition) is 1. The molecule has 0 heterocycles. The normalized spacial score (nSPS) is 20.1. The van der Waals surface area contributed by atoms with Crippen LogP contribution in [-0.4, -0.2) is 6.54 Å². The third kappa shape index (κ3) is 1.31. The molecule has 1 unspecified atom stereocenters. The molecule has 0 amide bonds. The summed E-state index contributed by atoms with van der Waals surface area (Å²) in [5.74, 6) is 0.315. The first-order valence-corrected chi connectivity index (χ1v) is 4.49. The first-order valence-electron chi connectivity index (χ1n) is 4.49. The summed E-state index contributed by atoms with van der Waals surface area (Å²) in [6.07, 6.45) is 4.26. The van der Waals surface area contributed by atoms with Crippen molar-refractivity contribution in [3.8, 4) is 0 Å². The number of hydrogen-bond donors (Lipinski definition) is 1. The van der Waals surface area contributed by atoms with E-state index in [0.717, 1.165) is 5.57 Å². The zero-order chi connectivity index (χ0) is 9.26. The van der Waals surface area contributed by atoms with Crippen molar-refractivity contribution in [1.29, 1.82) is 0 Å². The molecule has 2 rings (SSSR count). The molecule has 0 spiro atoms. The van der Waals surface area contributed by atoms with Crippen LogP contribution in [0.25, 0.3) is 11.6 Å². The van der Waals surface area contributed by atoms with E-state index >= 15 is 0 Å². The summed E-state index contributed by atoms with van der Waals surface area (Å²) in [6.45, 7) is 4.72. The average Bonchev–Trinajstić information content (AvgIpc) is 2.19. The lowest BCUT2D eigenvalue weighted by molar-refractivity contribution is 0.840. The van der Waals surface area contributed by atoms with Gasteiger partial charge in [-0.15, -0.1) is 0 Å². The van der Waals surface area contributed by atoms with Crippen LogP contribution in [0.3, 0.4) is 0 Å². The maximum atomic E-state index is 5.64. The Morgan fingerprint density at radius 2 is 2.08 bits per heavy atom. The zero-order valence-electron chi connectivity index (χ0n) is 7.53. The van der Waals surface area contributed by atoms with Gasteiger partial charge >= 0.3 is 0 Å². The van der Waals surface area contributed by atoms with Crippen LogP contribution in [0.2, 0.25) is 0 Å². The molecule has 0 radical (unpaired) electrons. The summed E-state index contributed by atoms with van der Waals surface area (Å²) in [4.78, 5) is 0. The van der Waals surface area contributed by atoms with E-state index in [1.165, 1.54) is 11.1 Å². The minimum Gasteiger partial charge on any atom is -0.330 e. The highest BCUT2D eigenvalue weighted by atomic mass is 14.5. The molecule has 1 aromatic rings. The van der Waals surface area contributed by atoms with Crippen LogP contribution in [0.15, 0.2) is 36.9 Å². The summed E-state index contributed by atoms with van der Waals surface area (Å²) in [5, 5.41) is 0. The van der Waals surface area contributed by atoms with Gasteiger partial charge in [0.05, 0.1) is 0 Å². The summed E-state index contributed by atoms with van der Waals surface area (Å²) in [7, 11) is 0. The van der Waals surface area contributed by atoms with Gasteiger partial charge in [-0.2, -0.15) is 0 Å². The van der Waals surface area contributed by atoms with Crippen LogP contribution in [0.4, 0.5) is 0 Å². The minimum absolute atomic E-state index is 0.315. The highest BCUT2D eigenvalue weighted by Gasteiger charge is 2.15. The van der Waals surface area contributed by atoms with Crippen LogP contribution in [0.5, 0.6) is 0 Å². The summed E-state index contributed by atoms with van der Waals surface area (Å²) >= 11 is 0. The summed E-state index contributed by atoms with van der Waals surface area (Å²) < 4.78 is 0. The third-order valence-corrected chi connectivity index (χ3v) is 2.52. The molecule has 0 fully saturated rings. The minimum atomic E-state index is 0.315. The molecule has 1 aliphatic carbocycles. The maximum Gasteiger partial charge on any atom is 0.0144 e. The molecular weight excluding hydrogens is 158 g/mol. The van der Waals surface area contributed by atoms with Crippen molar-refractivity contribution >= 4 is 11.6 Å². The average molecular weight is 171 g/mol. The molecule has 0 saturated heterocycles.